The van der Waals surface area contributed by atoms with Gasteiger partial charge in [-0.3, -0.25) is 4.79 Å². The molecule has 1 saturated heterocycles. The molecule has 1 aromatic rings. The van der Waals surface area contributed by atoms with Gasteiger partial charge in [0.05, 0.1) is 6.33 Å². The molecule has 2 heterocycles. The van der Waals surface area contributed by atoms with E-state index < -0.39 is 0 Å². The van der Waals surface area contributed by atoms with Crippen LogP contribution >= 0.6 is 11.8 Å². The van der Waals surface area contributed by atoms with Crippen LogP contribution in [0.1, 0.15) is 12.8 Å². The number of nitrogens with two attached hydrogens (primary N) is 1. The summed E-state index contributed by atoms with van der Waals surface area (Å²) in [5.41, 5.74) is 5.39. The van der Waals surface area contributed by atoms with Crippen LogP contribution in [0.2, 0.25) is 0 Å². The number of anilines is 1. The average molecular weight is 211 g/mol. The highest BCUT2D eigenvalue weighted by atomic mass is 32.2. The lowest BCUT2D eigenvalue weighted by molar-refractivity contribution is 0.625. The Hall–Kier alpha value is -0.970. The molecule has 0 saturated carbocycles. The Kier molecular flexibility index (Phi) is 2.77. The van der Waals surface area contributed by atoms with Gasteiger partial charge in [0, 0.05) is 18.0 Å². The van der Waals surface area contributed by atoms with Gasteiger partial charge in [-0.1, -0.05) is 0 Å². The van der Waals surface area contributed by atoms with Gasteiger partial charge in [-0.15, -0.1) is 0 Å². The predicted molar refractivity (Wildman–Crippen MR) is 58.4 cm³/mol. The molecule has 0 spiro atoms. The third-order valence-corrected chi connectivity index (χ3v) is 3.69. The number of nitrogen functional groups attached to an aromatic ring is 1. The summed E-state index contributed by atoms with van der Waals surface area (Å²) in [5, 5.41) is 0.652. The first-order valence-electron chi connectivity index (χ1n) is 4.69. The summed E-state index contributed by atoms with van der Waals surface area (Å²) >= 11 is 1.98. The first-order valence-corrected chi connectivity index (χ1v) is 5.74. The maximum absolute atomic E-state index is 11.0. The van der Waals surface area contributed by atoms with Crippen LogP contribution in [-0.4, -0.2) is 20.6 Å². The van der Waals surface area contributed by atoms with Crippen molar-refractivity contribution in [2.24, 2.45) is 0 Å². The molecule has 0 amide bonds. The van der Waals surface area contributed by atoms with E-state index in [1.165, 1.54) is 18.6 Å². The number of thioether (sulfide) groups is 1. The molecule has 0 aliphatic carbocycles. The van der Waals surface area contributed by atoms with Crippen LogP contribution in [0.4, 0.5) is 5.69 Å². The predicted octanol–water partition coefficient (Wildman–Crippen LogP) is 0.721. The molecule has 5 heteroatoms. The number of hydrogen-bond donors (Lipinski definition) is 1. The SMILES string of the molecule is Nc1cn(CC2CCCS2)cnc1=O. The standard InChI is InChI=1S/C9H13N3OS/c10-8-5-12(6-11-9(8)13)4-7-2-1-3-14-7/h5-7H,1-4,10H2. The fraction of sp³-hybridized carbons (Fsp3) is 0.556. The van der Waals surface area contributed by atoms with E-state index in [-0.39, 0.29) is 11.2 Å². The molecule has 0 aromatic carbocycles. The Morgan fingerprint density at radius 1 is 1.71 bits per heavy atom. The molecule has 2 N–H and O–H groups in total. The fourth-order valence-corrected chi connectivity index (χ4v) is 2.87. The van der Waals surface area contributed by atoms with Crippen molar-refractivity contribution in [2.75, 3.05) is 11.5 Å². The molecule has 1 aliphatic rings. The minimum absolute atomic E-state index is 0.232. The highest BCUT2D eigenvalue weighted by Gasteiger charge is 2.15. The van der Waals surface area contributed by atoms with Crippen molar-refractivity contribution in [2.45, 2.75) is 24.6 Å². The zero-order valence-corrected chi connectivity index (χ0v) is 8.67. The van der Waals surface area contributed by atoms with E-state index >= 15 is 0 Å². The Morgan fingerprint density at radius 3 is 3.21 bits per heavy atom. The van der Waals surface area contributed by atoms with Crippen molar-refractivity contribution in [3.05, 3.63) is 22.9 Å². The summed E-state index contributed by atoms with van der Waals surface area (Å²) in [4.78, 5) is 14.6. The number of aromatic nitrogens is 2. The molecule has 1 aliphatic heterocycles. The molecule has 4 nitrogen and oxygen atoms in total. The van der Waals surface area contributed by atoms with Gasteiger partial charge in [0.25, 0.3) is 5.56 Å². The van der Waals surface area contributed by atoms with E-state index in [1.54, 1.807) is 12.5 Å². The molecular formula is C9H13N3OS. The van der Waals surface area contributed by atoms with Gasteiger partial charge >= 0.3 is 0 Å². The molecule has 1 unspecified atom stereocenters. The van der Waals surface area contributed by atoms with Crippen molar-refractivity contribution in [1.29, 1.82) is 0 Å². The van der Waals surface area contributed by atoms with E-state index in [1.807, 2.05) is 16.3 Å². The van der Waals surface area contributed by atoms with Crippen LogP contribution in [0.3, 0.4) is 0 Å². The molecule has 1 fully saturated rings. The number of nitrogens with zero attached hydrogens (tertiary/aromatic N) is 2. The topological polar surface area (TPSA) is 60.9 Å². The maximum atomic E-state index is 11.0. The van der Waals surface area contributed by atoms with E-state index in [4.69, 9.17) is 5.73 Å². The van der Waals surface area contributed by atoms with E-state index in [0.717, 1.165) is 6.54 Å². The highest BCUT2D eigenvalue weighted by Crippen LogP contribution is 2.27. The number of rotatable bonds is 2. The van der Waals surface area contributed by atoms with E-state index in [2.05, 4.69) is 4.98 Å². The van der Waals surface area contributed by atoms with Crippen molar-refractivity contribution < 1.29 is 0 Å². The second-order valence-corrected chi connectivity index (χ2v) is 4.87. The molecular weight excluding hydrogens is 198 g/mol. The summed E-state index contributed by atoms with van der Waals surface area (Å²) in [5.74, 6) is 1.24. The second kappa shape index (κ2) is 4.04. The van der Waals surface area contributed by atoms with Crippen LogP contribution < -0.4 is 11.3 Å². The first-order chi connectivity index (χ1) is 6.75. The molecule has 0 radical (unpaired) electrons. The summed E-state index contributed by atoms with van der Waals surface area (Å²) in [6.45, 7) is 0.905. The van der Waals surface area contributed by atoms with Gasteiger partial charge in [0.1, 0.15) is 5.69 Å². The second-order valence-electron chi connectivity index (χ2n) is 3.47. The van der Waals surface area contributed by atoms with Crippen LogP contribution in [0, 0.1) is 0 Å². The van der Waals surface area contributed by atoms with Gasteiger partial charge in [0.15, 0.2) is 0 Å². The molecule has 76 valence electrons. The first kappa shape index (κ1) is 9.58. The lowest BCUT2D eigenvalue weighted by Crippen LogP contribution is -2.18. The van der Waals surface area contributed by atoms with Gasteiger partial charge in [-0.25, -0.2) is 0 Å². The minimum atomic E-state index is -0.333. The summed E-state index contributed by atoms with van der Waals surface area (Å²) in [7, 11) is 0. The lowest BCUT2D eigenvalue weighted by atomic mass is 10.2. The zero-order valence-electron chi connectivity index (χ0n) is 7.85. The number of hydrogen-bond acceptors (Lipinski definition) is 4. The molecule has 2 rings (SSSR count). The van der Waals surface area contributed by atoms with Crippen molar-refractivity contribution >= 4 is 17.4 Å². The average Bonchev–Trinajstić information content (AvgIpc) is 2.64. The van der Waals surface area contributed by atoms with Crippen molar-refractivity contribution in [1.82, 2.24) is 9.55 Å². The summed E-state index contributed by atoms with van der Waals surface area (Å²) in [6, 6.07) is 0. The zero-order chi connectivity index (χ0) is 9.97. The van der Waals surface area contributed by atoms with Crippen LogP contribution in [-0.2, 0) is 6.54 Å². The van der Waals surface area contributed by atoms with Gasteiger partial charge in [-0.2, -0.15) is 16.7 Å². The largest absolute Gasteiger partial charge is 0.393 e. The smallest absolute Gasteiger partial charge is 0.295 e. The van der Waals surface area contributed by atoms with Gasteiger partial charge in [0.2, 0.25) is 0 Å². The third-order valence-electron chi connectivity index (χ3n) is 2.31. The summed E-state index contributed by atoms with van der Waals surface area (Å²) in [6.07, 6.45) is 5.78. The van der Waals surface area contributed by atoms with E-state index in [0.29, 0.717) is 5.25 Å². The molecule has 14 heavy (non-hydrogen) atoms. The van der Waals surface area contributed by atoms with E-state index in [9.17, 15) is 4.79 Å². The monoisotopic (exact) mass is 211 g/mol. The molecule has 1 atom stereocenters. The molecule has 1 aromatic heterocycles. The highest BCUT2D eigenvalue weighted by molar-refractivity contribution is 8.00. The minimum Gasteiger partial charge on any atom is -0.393 e. The Balaban J connectivity index is 2.09. The van der Waals surface area contributed by atoms with Crippen molar-refractivity contribution in [3.63, 3.8) is 0 Å². The summed E-state index contributed by atoms with van der Waals surface area (Å²) < 4.78 is 1.90. The van der Waals surface area contributed by atoms with Crippen LogP contribution in [0.25, 0.3) is 0 Å². The quantitative estimate of drug-likeness (QED) is 0.783. The van der Waals surface area contributed by atoms with Crippen LogP contribution in [0.5, 0.6) is 0 Å². The third kappa shape index (κ3) is 2.09. The molecule has 0 bridgehead atoms. The Bertz CT molecular complexity index is 371. The Morgan fingerprint density at radius 2 is 2.57 bits per heavy atom. The maximum Gasteiger partial charge on any atom is 0.295 e. The normalized spacial score (nSPS) is 21.3. The fourth-order valence-electron chi connectivity index (χ4n) is 1.59. The van der Waals surface area contributed by atoms with Gasteiger partial charge in [-0.05, 0) is 18.6 Å². The lowest BCUT2D eigenvalue weighted by Gasteiger charge is -2.11. The van der Waals surface area contributed by atoms with Gasteiger partial charge < -0.3 is 10.3 Å². The Labute approximate surface area is 86.5 Å². The van der Waals surface area contributed by atoms with Crippen LogP contribution in [0.15, 0.2) is 17.3 Å². The van der Waals surface area contributed by atoms with Crippen molar-refractivity contribution in [3.8, 4) is 0 Å².